The van der Waals surface area contributed by atoms with Crippen molar-refractivity contribution < 1.29 is 9.53 Å². The highest BCUT2D eigenvalue weighted by Crippen LogP contribution is 2.40. The second kappa shape index (κ2) is 4.77. The number of rotatable bonds is 5. The molecule has 0 saturated heterocycles. The molecule has 1 aliphatic carbocycles. The molecule has 1 atom stereocenters. The summed E-state index contributed by atoms with van der Waals surface area (Å²) < 4.78 is 4.70. The fraction of sp³-hybridized carbons (Fsp3) is 0.545. The van der Waals surface area contributed by atoms with Gasteiger partial charge in [0.1, 0.15) is 6.61 Å². The fourth-order valence-corrected chi connectivity index (χ4v) is 2.90. The smallest absolute Gasteiger partial charge is 0.293 e. The van der Waals surface area contributed by atoms with E-state index in [-0.39, 0.29) is 12.6 Å². The first-order chi connectivity index (χ1) is 7.33. The first-order valence-corrected chi connectivity index (χ1v) is 6.14. The molecule has 0 radical (unpaired) electrons. The van der Waals surface area contributed by atoms with Crippen LogP contribution in [0.4, 0.5) is 0 Å². The van der Waals surface area contributed by atoms with Gasteiger partial charge in [-0.1, -0.05) is 6.42 Å². The Balaban J connectivity index is 2.05. The van der Waals surface area contributed by atoms with Crippen LogP contribution < -0.4 is 5.73 Å². The average molecular weight is 225 g/mol. The van der Waals surface area contributed by atoms with Crippen LogP contribution in [0, 0.1) is 0 Å². The lowest BCUT2D eigenvalue weighted by Crippen LogP contribution is -2.19. The molecule has 0 amide bonds. The SMILES string of the molecule is NC(COC=O)c1cscc1C1CCC1. The number of nitrogens with two attached hydrogens (primary N) is 1. The van der Waals surface area contributed by atoms with E-state index in [1.165, 1.54) is 24.8 Å². The van der Waals surface area contributed by atoms with Gasteiger partial charge in [-0.05, 0) is 40.6 Å². The maximum atomic E-state index is 10.1. The molecular formula is C11H15NO2S. The van der Waals surface area contributed by atoms with Crippen molar-refractivity contribution in [1.82, 2.24) is 0 Å². The molecule has 1 heterocycles. The molecule has 4 heteroatoms. The van der Waals surface area contributed by atoms with Crippen LogP contribution in [0.3, 0.4) is 0 Å². The van der Waals surface area contributed by atoms with E-state index < -0.39 is 0 Å². The highest BCUT2D eigenvalue weighted by molar-refractivity contribution is 7.08. The fourth-order valence-electron chi connectivity index (χ4n) is 1.90. The molecule has 0 spiro atoms. The third kappa shape index (κ3) is 2.21. The molecule has 2 rings (SSSR count). The molecule has 1 unspecified atom stereocenters. The Morgan fingerprint density at radius 1 is 1.60 bits per heavy atom. The van der Waals surface area contributed by atoms with Crippen molar-refractivity contribution in [3.63, 3.8) is 0 Å². The van der Waals surface area contributed by atoms with Crippen LogP contribution in [0.1, 0.15) is 42.3 Å². The Morgan fingerprint density at radius 2 is 2.40 bits per heavy atom. The van der Waals surface area contributed by atoms with Crippen LogP contribution in [0.2, 0.25) is 0 Å². The minimum absolute atomic E-state index is 0.169. The largest absolute Gasteiger partial charge is 0.466 e. The Hall–Kier alpha value is -0.870. The molecule has 15 heavy (non-hydrogen) atoms. The van der Waals surface area contributed by atoms with Crippen LogP contribution in [-0.4, -0.2) is 13.1 Å². The van der Waals surface area contributed by atoms with Crippen LogP contribution in [0.5, 0.6) is 0 Å². The molecule has 82 valence electrons. The number of thiophene rings is 1. The Morgan fingerprint density at radius 3 is 3.00 bits per heavy atom. The summed E-state index contributed by atoms with van der Waals surface area (Å²) in [7, 11) is 0. The minimum atomic E-state index is -0.169. The zero-order valence-corrected chi connectivity index (χ0v) is 9.33. The molecule has 1 aromatic rings. The van der Waals surface area contributed by atoms with E-state index in [1.54, 1.807) is 11.3 Å². The standard InChI is InChI=1S/C11H15NO2S/c12-11(4-14-7-13)10-6-15-5-9(10)8-2-1-3-8/h5-8,11H,1-4,12H2. The highest BCUT2D eigenvalue weighted by atomic mass is 32.1. The molecule has 1 fully saturated rings. The van der Waals surface area contributed by atoms with Gasteiger partial charge in [0.25, 0.3) is 6.47 Å². The van der Waals surface area contributed by atoms with Crippen molar-refractivity contribution >= 4 is 17.8 Å². The number of hydrogen-bond donors (Lipinski definition) is 1. The summed E-state index contributed by atoms with van der Waals surface area (Å²) in [6.07, 6.45) is 3.86. The average Bonchev–Trinajstić information content (AvgIpc) is 2.60. The van der Waals surface area contributed by atoms with Crippen LogP contribution in [-0.2, 0) is 9.53 Å². The summed E-state index contributed by atoms with van der Waals surface area (Å²) in [6.45, 7) is 0.731. The van der Waals surface area contributed by atoms with Crippen LogP contribution in [0.15, 0.2) is 10.8 Å². The zero-order chi connectivity index (χ0) is 10.7. The molecule has 1 saturated carbocycles. The van der Waals surface area contributed by atoms with Gasteiger partial charge in [-0.2, -0.15) is 11.3 Å². The summed E-state index contributed by atoms with van der Waals surface area (Å²) >= 11 is 1.68. The molecule has 0 aliphatic heterocycles. The number of hydrogen-bond acceptors (Lipinski definition) is 4. The van der Waals surface area contributed by atoms with Crippen LogP contribution >= 0.6 is 11.3 Å². The van der Waals surface area contributed by atoms with E-state index in [0.29, 0.717) is 12.4 Å². The predicted molar refractivity (Wildman–Crippen MR) is 59.9 cm³/mol. The van der Waals surface area contributed by atoms with E-state index in [0.717, 1.165) is 5.56 Å². The van der Waals surface area contributed by atoms with Crippen molar-refractivity contribution in [2.75, 3.05) is 6.61 Å². The van der Waals surface area contributed by atoms with Gasteiger partial charge >= 0.3 is 0 Å². The van der Waals surface area contributed by atoms with Gasteiger partial charge in [0, 0.05) is 0 Å². The number of carbonyl (C=O) groups is 1. The molecular weight excluding hydrogens is 210 g/mol. The normalized spacial score (nSPS) is 18.2. The van der Waals surface area contributed by atoms with E-state index >= 15 is 0 Å². The summed E-state index contributed by atoms with van der Waals surface area (Å²) in [5.74, 6) is 0.688. The molecule has 3 nitrogen and oxygen atoms in total. The monoisotopic (exact) mass is 225 g/mol. The van der Waals surface area contributed by atoms with E-state index in [4.69, 9.17) is 10.5 Å². The summed E-state index contributed by atoms with van der Waals surface area (Å²) in [4.78, 5) is 10.1. The number of carbonyl (C=O) groups excluding carboxylic acids is 1. The second-order valence-electron chi connectivity index (χ2n) is 3.95. The molecule has 2 N–H and O–H groups in total. The lowest BCUT2D eigenvalue weighted by molar-refractivity contribution is -0.129. The van der Waals surface area contributed by atoms with Gasteiger partial charge in [-0.25, -0.2) is 0 Å². The third-order valence-electron chi connectivity index (χ3n) is 3.01. The maximum Gasteiger partial charge on any atom is 0.293 e. The molecule has 0 aromatic carbocycles. The van der Waals surface area contributed by atoms with E-state index in [2.05, 4.69) is 10.8 Å². The van der Waals surface area contributed by atoms with Gasteiger partial charge in [-0.3, -0.25) is 4.79 Å². The Bertz CT molecular complexity index is 333. The van der Waals surface area contributed by atoms with Crippen molar-refractivity contribution in [3.8, 4) is 0 Å². The van der Waals surface area contributed by atoms with Gasteiger partial charge in [0.05, 0.1) is 6.04 Å². The lowest BCUT2D eigenvalue weighted by atomic mass is 9.79. The zero-order valence-electron chi connectivity index (χ0n) is 8.52. The van der Waals surface area contributed by atoms with Crippen molar-refractivity contribution in [2.45, 2.75) is 31.2 Å². The summed E-state index contributed by atoms with van der Waals surface area (Å²) in [5.41, 5.74) is 8.49. The van der Waals surface area contributed by atoms with Crippen molar-refractivity contribution in [3.05, 3.63) is 21.9 Å². The second-order valence-corrected chi connectivity index (χ2v) is 4.69. The first-order valence-electron chi connectivity index (χ1n) is 5.19. The van der Waals surface area contributed by atoms with Gasteiger partial charge in [0.2, 0.25) is 0 Å². The first kappa shape index (κ1) is 10.6. The molecule has 0 bridgehead atoms. The topological polar surface area (TPSA) is 52.3 Å². The van der Waals surface area contributed by atoms with Gasteiger partial charge < -0.3 is 10.5 Å². The lowest BCUT2D eigenvalue weighted by Gasteiger charge is -2.27. The Labute approximate surface area is 93.2 Å². The van der Waals surface area contributed by atoms with Gasteiger partial charge in [0.15, 0.2) is 0 Å². The summed E-state index contributed by atoms with van der Waals surface area (Å²) in [5, 5.41) is 4.26. The molecule has 1 aliphatic rings. The maximum absolute atomic E-state index is 10.1. The predicted octanol–water partition coefficient (Wildman–Crippen LogP) is 2.19. The summed E-state index contributed by atoms with van der Waals surface area (Å²) in [6, 6.07) is -0.169. The minimum Gasteiger partial charge on any atom is -0.466 e. The Kier molecular flexibility index (Phi) is 3.38. The molecule has 1 aromatic heterocycles. The van der Waals surface area contributed by atoms with Crippen molar-refractivity contribution in [2.24, 2.45) is 5.73 Å². The van der Waals surface area contributed by atoms with Crippen LogP contribution in [0.25, 0.3) is 0 Å². The van der Waals surface area contributed by atoms with Gasteiger partial charge in [-0.15, -0.1) is 0 Å². The van der Waals surface area contributed by atoms with Crippen molar-refractivity contribution in [1.29, 1.82) is 0 Å². The van der Waals surface area contributed by atoms with E-state index in [1.807, 2.05) is 0 Å². The third-order valence-corrected chi connectivity index (χ3v) is 3.79. The van der Waals surface area contributed by atoms with E-state index in [9.17, 15) is 4.79 Å². The highest BCUT2D eigenvalue weighted by Gasteiger charge is 2.24. The number of ether oxygens (including phenoxy) is 1. The quantitative estimate of drug-likeness (QED) is 0.781.